The van der Waals surface area contributed by atoms with Crippen LogP contribution in [0.1, 0.15) is 26.3 Å². The minimum atomic E-state index is -1.02. The van der Waals surface area contributed by atoms with Crippen molar-refractivity contribution in [2.45, 2.75) is 6.92 Å². The number of carbonyl (C=O) groups excluding carboxylic acids is 1. The lowest BCUT2D eigenvalue weighted by Gasteiger charge is -2.09. The molecule has 0 saturated carbocycles. The molecule has 0 bridgehead atoms. The topological polar surface area (TPSA) is 79.3 Å². The van der Waals surface area contributed by atoms with E-state index < -0.39 is 11.9 Å². The van der Waals surface area contributed by atoms with Crippen molar-refractivity contribution in [3.8, 4) is 0 Å². The maximum absolute atomic E-state index is 12.1. The van der Waals surface area contributed by atoms with Crippen molar-refractivity contribution >= 4 is 40.8 Å². The number of hydrogen-bond donors (Lipinski definition) is 2. The minimum absolute atomic E-state index is 0.121. The number of pyridine rings is 1. The Bertz CT molecular complexity index is 732. The van der Waals surface area contributed by atoms with Crippen LogP contribution < -0.4 is 5.32 Å². The summed E-state index contributed by atoms with van der Waals surface area (Å²) in [5, 5.41) is 11.9. The van der Waals surface area contributed by atoms with Crippen molar-refractivity contribution in [1.29, 1.82) is 0 Å². The Labute approximate surface area is 130 Å². The highest BCUT2D eigenvalue weighted by atomic mass is 35.5. The molecule has 108 valence electrons. The van der Waals surface area contributed by atoms with Crippen LogP contribution in [0.15, 0.2) is 30.5 Å². The summed E-state index contributed by atoms with van der Waals surface area (Å²) in [6.45, 7) is 1.70. The fourth-order valence-corrected chi connectivity index (χ4v) is 1.95. The number of hydrogen-bond acceptors (Lipinski definition) is 3. The number of nitrogens with zero attached hydrogens (tertiary/aromatic N) is 1. The molecule has 0 spiro atoms. The zero-order valence-corrected chi connectivity index (χ0v) is 12.4. The summed E-state index contributed by atoms with van der Waals surface area (Å²) >= 11 is 11.5. The van der Waals surface area contributed by atoms with Gasteiger partial charge in [0.15, 0.2) is 0 Å². The van der Waals surface area contributed by atoms with Crippen LogP contribution in [0.25, 0.3) is 0 Å². The van der Waals surface area contributed by atoms with E-state index in [2.05, 4.69) is 10.3 Å². The van der Waals surface area contributed by atoms with Crippen molar-refractivity contribution in [2.24, 2.45) is 0 Å². The fourth-order valence-electron chi connectivity index (χ4n) is 1.68. The second-order valence-electron chi connectivity index (χ2n) is 4.29. The molecule has 7 heteroatoms. The zero-order chi connectivity index (χ0) is 15.6. The van der Waals surface area contributed by atoms with E-state index in [0.717, 1.165) is 0 Å². The average molecular weight is 325 g/mol. The van der Waals surface area contributed by atoms with Gasteiger partial charge in [0.1, 0.15) is 5.15 Å². The number of carboxylic acids is 1. The van der Waals surface area contributed by atoms with Gasteiger partial charge in [0, 0.05) is 11.9 Å². The lowest BCUT2D eigenvalue weighted by Crippen LogP contribution is -2.13. The highest BCUT2D eigenvalue weighted by molar-refractivity contribution is 6.41. The van der Waals surface area contributed by atoms with Gasteiger partial charge in [-0.1, -0.05) is 23.2 Å². The lowest BCUT2D eigenvalue weighted by molar-refractivity contribution is 0.0696. The molecule has 1 amide bonds. The summed E-state index contributed by atoms with van der Waals surface area (Å²) in [6, 6.07) is 5.83. The molecule has 0 saturated heterocycles. The molecule has 1 aromatic heterocycles. The molecule has 0 fully saturated rings. The maximum Gasteiger partial charge on any atom is 0.335 e. The molecule has 1 heterocycles. The van der Waals surface area contributed by atoms with Crippen LogP contribution in [-0.4, -0.2) is 22.0 Å². The van der Waals surface area contributed by atoms with Gasteiger partial charge in [-0.25, -0.2) is 9.78 Å². The van der Waals surface area contributed by atoms with E-state index in [9.17, 15) is 9.59 Å². The van der Waals surface area contributed by atoms with Crippen LogP contribution in [0.3, 0.4) is 0 Å². The molecule has 1 aromatic carbocycles. The zero-order valence-electron chi connectivity index (χ0n) is 10.9. The molecule has 0 aliphatic heterocycles. The van der Waals surface area contributed by atoms with E-state index in [-0.39, 0.29) is 21.3 Å². The summed E-state index contributed by atoms with van der Waals surface area (Å²) in [4.78, 5) is 26.7. The monoisotopic (exact) mass is 324 g/mol. The van der Waals surface area contributed by atoms with Gasteiger partial charge in [-0.3, -0.25) is 4.79 Å². The Morgan fingerprint density at radius 3 is 2.48 bits per heavy atom. The molecule has 2 N–H and O–H groups in total. The number of rotatable bonds is 3. The molecule has 5 nitrogen and oxygen atoms in total. The number of aromatic nitrogens is 1. The molecule has 2 rings (SSSR count). The highest BCUT2D eigenvalue weighted by Gasteiger charge is 2.12. The van der Waals surface area contributed by atoms with Crippen molar-refractivity contribution in [3.05, 3.63) is 57.3 Å². The molecule has 0 atom stereocenters. The third-order valence-corrected chi connectivity index (χ3v) is 3.47. The summed E-state index contributed by atoms with van der Waals surface area (Å²) in [5.74, 6) is -1.43. The number of aromatic carboxylic acids is 1. The fraction of sp³-hybridized carbons (Fsp3) is 0.0714. The number of amides is 1. The van der Waals surface area contributed by atoms with Crippen molar-refractivity contribution in [1.82, 2.24) is 4.98 Å². The number of aryl methyl sites for hydroxylation is 1. The highest BCUT2D eigenvalue weighted by Crippen LogP contribution is 2.21. The summed E-state index contributed by atoms with van der Waals surface area (Å²) in [6.07, 6.45) is 1.31. The predicted molar refractivity (Wildman–Crippen MR) is 80.3 cm³/mol. The molecule has 2 aromatic rings. The van der Waals surface area contributed by atoms with Gasteiger partial charge in [-0.2, -0.15) is 0 Å². The van der Waals surface area contributed by atoms with Crippen LogP contribution >= 0.6 is 23.2 Å². The minimum Gasteiger partial charge on any atom is -0.478 e. The summed E-state index contributed by atoms with van der Waals surface area (Å²) in [7, 11) is 0. The van der Waals surface area contributed by atoms with E-state index in [1.54, 1.807) is 6.92 Å². The van der Waals surface area contributed by atoms with Crippen molar-refractivity contribution in [3.63, 3.8) is 0 Å². The smallest absolute Gasteiger partial charge is 0.335 e. The van der Waals surface area contributed by atoms with Crippen LogP contribution in [-0.2, 0) is 0 Å². The van der Waals surface area contributed by atoms with E-state index in [0.29, 0.717) is 11.3 Å². The van der Waals surface area contributed by atoms with Gasteiger partial charge in [0.05, 0.1) is 16.1 Å². The lowest BCUT2D eigenvalue weighted by atomic mass is 10.1. The van der Waals surface area contributed by atoms with E-state index >= 15 is 0 Å². The van der Waals surface area contributed by atoms with Gasteiger partial charge in [0.25, 0.3) is 5.91 Å². The maximum atomic E-state index is 12.1. The third-order valence-electron chi connectivity index (χ3n) is 2.78. The first kappa shape index (κ1) is 15.3. The first-order chi connectivity index (χ1) is 9.88. The van der Waals surface area contributed by atoms with Crippen LogP contribution in [0.2, 0.25) is 10.2 Å². The third kappa shape index (κ3) is 3.51. The Hall–Kier alpha value is -2.11. The van der Waals surface area contributed by atoms with Gasteiger partial charge in [-0.15, -0.1) is 0 Å². The van der Waals surface area contributed by atoms with Crippen LogP contribution in [0.4, 0.5) is 5.69 Å². The number of benzene rings is 1. The molecule has 0 radical (unpaired) electrons. The molecule has 0 aliphatic carbocycles. The van der Waals surface area contributed by atoms with Gasteiger partial charge < -0.3 is 10.4 Å². The molecule has 0 unspecified atom stereocenters. The van der Waals surface area contributed by atoms with Gasteiger partial charge in [0.2, 0.25) is 0 Å². The molecular weight excluding hydrogens is 315 g/mol. The number of carbonyl (C=O) groups is 2. The van der Waals surface area contributed by atoms with Gasteiger partial charge in [-0.05, 0) is 36.8 Å². The Balaban J connectivity index is 2.23. The van der Waals surface area contributed by atoms with Crippen LogP contribution in [0, 0.1) is 6.92 Å². The van der Waals surface area contributed by atoms with E-state index in [1.807, 2.05) is 0 Å². The number of carboxylic acid groups (broad SMARTS) is 1. The second-order valence-corrected chi connectivity index (χ2v) is 5.05. The normalized spacial score (nSPS) is 10.2. The summed E-state index contributed by atoms with van der Waals surface area (Å²) < 4.78 is 0. The van der Waals surface area contributed by atoms with Gasteiger partial charge >= 0.3 is 5.97 Å². The van der Waals surface area contributed by atoms with E-state index in [4.69, 9.17) is 28.3 Å². The Kier molecular flexibility index (Phi) is 4.45. The Morgan fingerprint density at radius 2 is 1.90 bits per heavy atom. The first-order valence-electron chi connectivity index (χ1n) is 5.85. The number of halogens is 2. The first-order valence-corrected chi connectivity index (χ1v) is 6.60. The standard InChI is InChI=1S/C14H10Cl2N2O3/c1-7-4-8(14(20)21)2-3-11(7)18-13(19)9-5-10(15)12(16)17-6-9/h2-6H,1H3,(H,18,19)(H,20,21). The summed E-state index contributed by atoms with van der Waals surface area (Å²) in [5.41, 5.74) is 1.56. The quantitative estimate of drug-likeness (QED) is 0.844. The van der Waals surface area contributed by atoms with Crippen molar-refractivity contribution < 1.29 is 14.7 Å². The van der Waals surface area contributed by atoms with Crippen molar-refractivity contribution in [2.75, 3.05) is 5.32 Å². The predicted octanol–water partition coefficient (Wildman–Crippen LogP) is 3.65. The number of anilines is 1. The largest absolute Gasteiger partial charge is 0.478 e. The molecule has 0 aliphatic rings. The Morgan fingerprint density at radius 1 is 1.19 bits per heavy atom. The van der Waals surface area contributed by atoms with E-state index in [1.165, 1.54) is 30.5 Å². The second kappa shape index (κ2) is 6.11. The number of nitrogens with one attached hydrogen (secondary N) is 1. The molecule has 21 heavy (non-hydrogen) atoms. The van der Waals surface area contributed by atoms with Crippen LogP contribution in [0.5, 0.6) is 0 Å². The molecular formula is C14H10Cl2N2O3. The average Bonchev–Trinajstić information content (AvgIpc) is 2.43. The SMILES string of the molecule is Cc1cc(C(=O)O)ccc1NC(=O)c1cnc(Cl)c(Cl)c1.